The van der Waals surface area contributed by atoms with Gasteiger partial charge in [-0.15, -0.1) is 0 Å². The third-order valence-corrected chi connectivity index (χ3v) is 4.48. The number of ether oxygens (including phenoxy) is 1. The molecule has 2 heterocycles. The molecule has 0 bridgehead atoms. The Kier molecular flexibility index (Phi) is 5.19. The zero-order valence-electron chi connectivity index (χ0n) is 16.4. The Balaban J connectivity index is 1.68. The van der Waals surface area contributed by atoms with E-state index in [9.17, 15) is 18.0 Å². The second-order valence-electron chi connectivity index (χ2n) is 6.53. The molecule has 0 fully saturated rings. The Hall–Kier alpha value is -4.46. The number of imidazole rings is 1. The van der Waals surface area contributed by atoms with Crippen LogP contribution >= 0.6 is 0 Å². The summed E-state index contributed by atoms with van der Waals surface area (Å²) in [5, 5.41) is 11.4. The van der Waals surface area contributed by atoms with Crippen molar-refractivity contribution in [3.05, 3.63) is 71.8 Å². The number of hydrogen-bond acceptors (Lipinski definition) is 6. The number of methoxy groups -OCH3 is 1. The Bertz CT molecular complexity index is 1360. The first-order chi connectivity index (χ1) is 15.3. The van der Waals surface area contributed by atoms with E-state index in [0.29, 0.717) is 11.3 Å². The molecule has 4 aromatic rings. The number of carbonyl (C=O) groups excluding carboxylic acids is 1. The summed E-state index contributed by atoms with van der Waals surface area (Å²) in [5.41, 5.74) is 0.775. The molecule has 0 aliphatic carbocycles. The number of benzene rings is 2. The molecular weight excluding hydrogens is 425 g/mol. The third kappa shape index (κ3) is 3.93. The quantitative estimate of drug-likeness (QED) is 0.517. The van der Waals surface area contributed by atoms with E-state index < -0.39 is 17.9 Å². The molecule has 0 unspecified atom stereocenters. The number of alkyl halides is 3. The molecule has 2 aromatic heterocycles. The average Bonchev–Trinajstić information content (AvgIpc) is 3.19. The van der Waals surface area contributed by atoms with Crippen LogP contribution in [0.4, 0.5) is 19.0 Å². The van der Waals surface area contributed by atoms with Crippen molar-refractivity contribution in [2.24, 2.45) is 0 Å². The molecule has 0 aliphatic rings. The highest BCUT2D eigenvalue weighted by Crippen LogP contribution is 2.34. The first-order valence-corrected chi connectivity index (χ1v) is 9.08. The van der Waals surface area contributed by atoms with Crippen LogP contribution in [-0.2, 0) is 6.18 Å². The Morgan fingerprint density at radius 1 is 1.16 bits per heavy atom. The van der Waals surface area contributed by atoms with Crippen molar-refractivity contribution in [2.45, 2.75) is 6.18 Å². The lowest BCUT2D eigenvalue weighted by atomic mass is 10.1. The summed E-state index contributed by atoms with van der Waals surface area (Å²) >= 11 is 0. The van der Waals surface area contributed by atoms with E-state index in [1.165, 1.54) is 37.4 Å². The van der Waals surface area contributed by atoms with Crippen LogP contribution in [0.3, 0.4) is 0 Å². The molecule has 11 heteroatoms. The number of carbonyl (C=O) groups is 1. The van der Waals surface area contributed by atoms with Crippen molar-refractivity contribution in [3.8, 4) is 17.6 Å². The number of anilines is 1. The van der Waals surface area contributed by atoms with E-state index in [2.05, 4.69) is 20.3 Å². The monoisotopic (exact) mass is 438 g/mol. The fourth-order valence-electron chi connectivity index (χ4n) is 3.03. The molecule has 1 amide bonds. The van der Waals surface area contributed by atoms with E-state index in [-0.39, 0.29) is 28.2 Å². The molecule has 4 rings (SSSR count). The van der Waals surface area contributed by atoms with Crippen LogP contribution in [-0.4, -0.2) is 32.5 Å². The van der Waals surface area contributed by atoms with Gasteiger partial charge in [0.2, 0.25) is 5.82 Å². The lowest BCUT2D eigenvalue weighted by molar-refractivity contribution is -0.145. The van der Waals surface area contributed by atoms with Gasteiger partial charge in [-0.3, -0.25) is 9.36 Å². The van der Waals surface area contributed by atoms with Gasteiger partial charge in [-0.2, -0.15) is 18.4 Å². The molecule has 32 heavy (non-hydrogen) atoms. The van der Waals surface area contributed by atoms with Gasteiger partial charge in [0, 0.05) is 11.6 Å². The number of amides is 1. The van der Waals surface area contributed by atoms with Crippen molar-refractivity contribution in [1.29, 1.82) is 5.26 Å². The Morgan fingerprint density at radius 3 is 2.62 bits per heavy atom. The van der Waals surface area contributed by atoms with Gasteiger partial charge < -0.3 is 10.1 Å². The number of hydrogen-bond donors (Lipinski definition) is 1. The van der Waals surface area contributed by atoms with Gasteiger partial charge in [-0.25, -0.2) is 15.0 Å². The molecule has 8 nitrogen and oxygen atoms in total. The standard InChI is InChI=1S/C21H13F3N6O2/c1-32-14-5-6-16-15(8-14)28-20(21(22,23)24)30(16)18-11-26-17(10-27-18)29-19(31)13-4-2-3-12(7-13)9-25/h2-8,10-11H,1H3,(H,26,29,31). The molecule has 0 atom stereocenters. The van der Waals surface area contributed by atoms with E-state index in [0.717, 1.165) is 17.0 Å². The van der Waals surface area contributed by atoms with E-state index in [1.807, 2.05) is 6.07 Å². The van der Waals surface area contributed by atoms with Crippen LogP contribution < -0.4 is 10.1 Å². The second kappa shape index (κ2) is 7.99. The predicted octanol–water partition coefficient (Wildman–Crippen LogP) is 3.97. The molecule has 0 radical (unpaired) electrons. The third-order valence-electron chi connectivity index (χ3n) is 4.48. The summed E-state index contributed by atoms with van der Waals surface area (Å²) in [7, 11) is 1.40. The van der Waals surface area contributed by atoms with Gasteiger partial charge in [0.1, 0.15) is 5.75 Å². The number of nitriles is 1. The van der Waals surface area contributed by atoms with Gasteiger partial charge in [-0.05, 0) is 30.3 Å². The number of halogens is 3. The highest BCUT2D eigenvalue weighted by molar-refractivity contribution is 6.03. The molecule has 0 saturated carbocycles. The normalized spacial score (nSPS) is 11.2. The summed E-state index contributed by atoms with van der Waals surface area (Å²) in [6, 6.07) is 12.3. The SMILES string of the molecule is COc1ccc2c(c1)nc(C(F)(F)F)n2-c1cnc(NC(=O)c2cccc(C#N)c2)cn1. The van der Waals surface area contributed by atoms with Crippen molar-refractivity contribution in [2.75, 3.05) is 12.4 Å². The minimum absolute atomic E-state index is 0.0285. The summed E-state index contributed by atoms with van der Waals surface area (Å²) in [6.45, 7) is 0. The lowest BCUT2D eigenvalue weighted by Crippen LogP contribution is -2.16. The number of nitrogens with one attached hydrogen (secondary N) is 1. The lowest BCUT2D eigenvalue weighted by Gasteiger charge is -2.11. The van der Waals surface area contributed by atoms with Gasteiger partial charge in [-0.1, -0.05) is 6.07 Å². The van der Waals surface area contributed by atoms with Crippen molar-refractivity contribution < 1.29 is 22.7 Å². The fraction of sp³-hybridized carbons (Fsp3) is 0.0952. The number of fused-ring (bicyclic) bond motifs is 1. The molecule has 0 saturated heterocycles. The topological polar surface area (TPSA) is 106 Å². The summed E-state index contributed by atoms with van der Waals surface area (Å²) in [5.74, 6) is -1.45. The zero-order chi connectivity index (χ0) is 22.9. The maximum absolute atomic E-state index is 13.6. The highest BCUT2D eigenvalue weighted by atomic mass is 19.4. The summed E-state index contributed by atoms with van der Waals surface area (Å²) in [6.07, 6.45) is -2.51. The van der Waals surface area contributed by atoms with Gasteiger partial charge in [0.25, 0.3) is 5.91 Å². The summed E-state index contributed by atoms with van der Waals surface area (Å²) < 4.78 is 46.7. The van der Waals surface area contributed by atoms with Gasteiger partial charge >= 0.3 is 6.18 Å². The molecule has 0 aliphatic heterocycles. The maximum Gasteiger partial charge on any atom is 0.450 e. The largest absolute Gasteiger partial charge is 0.497 e. The minimum atomic E-state index is -4.74. The van der Waals surface area contributed by atoms with E-state index in [1.54, 1.807) is 12.1 Å². The van der Waals surface area contributed by atoms with Crippen LogP contribution in [0.2, 0.25) is 0 Å². The molecule has 2 aromatic carbocycles. The van der Waals surface area contributed by atoms with Crippen LogP contribution in [0.15, 0.2) is 54.9 Å². The van der Waals surface area contributed by atoms with Crippen LogP contribution in [0.25, 0.3) is 16.9 Å². The molecule has 0 spiro atoms. The number of nitrogens with zero attached hydrogens (tertiary/aromatic N) is 5. The average molecular weight is 438 g/mol. The predicted molar refractivity (Wildman–Crippen MR) is 107 cm³/mol. The first kappa shape index (κ1) is 20.8. The molecule has 160 valence electrons. The fourth-order valence-corrected chi connectivity index (χ4v) is 3.03. The van der Waals surface area contributed by atoms with Gasteiger partial charge in [0.15, 0.2) is 11.6 Å². The molecular formula is C21H13F3N6O2. The minimum Gasteiger partial charge on any atom is -0.497 e. The van der Waals surface area contributed by atoms with Crippen LogP contribution in [0.5, 0.6) is 5.75 Å². The van der Waals surface area contributed by atoms with Crippen LogP contribution in [0.1, 0.15) is 21.7 Å². The van der Waals surface area contributed by atoms with Gasteiger partial charge in [0.05, 0.1) is 42.2 Å². The zero-order valence-corrected chi connectivity index (χ0v) is 16.4. The summed E-state index contributed by atoms with van der Waals surface area (Å²) in [4.78, 5) is 24.1. The smallest absolute Gasteiger partial charge is 0.450 e. The first-order valence-electron chi connectivity index (χ1n) is 9.08. The molecule has 1 N–H and O–H groups in total. The van der Waals surface area contributed by atoms with E-state index in [4.69, 9.17) is 10.00 Å². The number of aromatic nitrogens is 4. The van der Waals surface area contributed by atoms with Crippen LogP contribution in [0, 0.1) is 11.3 Å². The number of rotatable bonds is 4. The highest BCUT2D eigenvalue weighted by Gasteiger charge is 2.38. The maximum atomic E-state index is 13.6. The Labute approximate surface area is 178 Å². The van der Waals surface area contributed by atoms with Crippen molar-refractivity contribution in [1.82, 2.24) is 19.5 Å². The Morgan fingerprint density at radius 2 is 1.97 bits per heavy atom. The van der Waals surface area contributed by atoms with Crippen molar-refractivity contribution in [3.63, 3.8) is 0 Å². The second-order valence-corrected chi connectivity index (χ2v) is 6.53. The van der Waals surface area contributed by atoms with Crippen molar-refractivity contribution >= 4 is 22.8 Å². The van der Waals surface area contributed by atoms with E-state index >= 15 is 0 Å².